The van der Waals surface area contributed by atoms with Gasteiger partial charge in [-0.2, -0.15) is 0 Å². The number of rotatable bonds is 4. The summed E-state index contributed by atoms with van der Waals surface area (Å²) in [5, 5.41) is 9.52. The van der Waals surface area contributed by atoms with Gasteiger partial charge in [-0.15, -0.1) is 0 Å². The normalized spacial score (nSPS) is 12.9. The molecular weight excluding hydrogens is 275 g/mol. The van der Waals surface area contributed by atoms with Crippen LogP contribution in [0.1, 0.15) is 19.4 Å². The number of Topliss-reactive ketones (excluding diaryl/α,β-unsaturated/α-hetero) is 1. The van der Waals surface area contributed by atoms with Crippen molar-refractivity contribution >= 4 is 21.7 Å². The number of ketones is 1. The number of benzene rings is 1. The minimum atomic E-state index is -1.02. The van der Waals surface area contributed by atoms with Gasteiger partial charge in [-0.05, 0) is 23.6 Å². The van der Waals surface area contributed by atoms with Gasteiger partial charge in [-0.3, -0.25) is 4.79 Å². The third-order valence-electron chi connectivity index (χ3n) is 2.34. The van der Waals surface area contributed by atoms with Crippen molar-refractivity contribution in [3.63, 3.8) is 0 Å². The van der Waals surface area contributed by atoms with E-state index >= 15 is 0 Å². The van der Waals surface area contributed by atoms with Crippen molar-refractivity contribution < 1.29 is 14.3 Å². The van der Waals surface area contributed by atoms with E-state index < -0.39 is 11.9 Å². The Bertz CT molecular complexity index is 391. The lowest BCUT2D eigenvalue weighted by atomic mass is 9.98. The van der Waals surface area contributed by atoms with E-state index in [0.29, 0.717) is 10.0 Å². The molecule has 0 aliphatic heterocycles. The lowest BCUT2D eigenvalue weighted by molar-refractivity contribution is -0.128. The molecule has 0 aliphatic rings. The van der Waals surface area contributed by atoms with Crippen LogP contribution in [-0.2, 0) is 11.2 Å². The topological polar surface area (TPSA) is 37.3 Å². The minimum Gasteiger partial charge on any atom is -0.385 e. The zero-order valence-electron chi connectivity index (χ0n) is 9.21. The predicted molar refractivity (Wildman–Crippen MR) is 63.7 cm³/mol. The van der Waals surface area contributed by atoms with Gasteiger partial charge < -0.3 is 5.11 Å². The van der Waals surface area contributed by atoms with E-state index in [1.165, 1.54) is 6.07 Å². The molecule has 16 heavy (non-hydrogen) atoms. The number of carbonyl (C=O) groups is 1. The van der Waals surface area contributed by atoms with Crippen LogP contribution in [0.4, 0.5) is 4.39 Å². The highest BCUT2D eigenvalue weighted by molar-refractivity contribution is 9.10. The summed E-state index contributed by atoms with van der Waals surface area (Å²) >= 11 is 3.14. The maximum Gasteiger partial charge on any atom is 0.165 e. The van der Waals surface area contributed by atoms with Gasteiger partial charge in [0.05, 0.1) is 0 Å². The van der Waals surface area contributed by atoms with Crippen LogP contribution < -0.4 is 0 Å². The zero-order valence-corrected chi connectivity index (χ0v) is 10.8. The maximum absolute atomic E-state index is 13.4. The summed E-state index contributed by atoms with van der Waals surface area (Å²) in [6, 6.07) is 4.53. The summed E-state index contributed by atoms with van der Waals surface area (Å²) in [5.74, 6) is -0.930. The fourth-order valence-electron chi connectivity index (χ4n) is 1.33. The maximum atomic E-state index is 13.4. The van der Waals surface area contributed by atoms with Crippen LogP contribution in [-0.4, -0.2) is 17.0 Å². The van der Waals surface area contributed by atoms with E-state index in [1.54, 1.807) is 26.0 Å². The lowest BCUT2D eigenvalue weighted by Gasteiger charge is -2.13. The molecule has 0 saturated heterocycles. The Balaban J connectivity index is 2.77. The Morgan fingerprint density at radius 3 is 2.62 bits per heavy atom. The van der Waals surface area contributed by atoms with Crippen LogP contribution in [0.15, 0.2) is 22.7 Å². The third-order valence-corrected chi connectivity index (χ3v) is 2.83. The monoisotopic (exact) mass is 288 g/mol. The van der Waals surface area contributed by atoms with Gasteiger partial charge in [0, 0.05) is 10.9 Å². The van der Waals surface area contributed by atoms with Gasteiger partial charge in [0.25, 0.3) is 0 Å². The molecular formula is C12H14BrFO2. The molecule has 0 amide bonds. The van der Waals surface area contributed by atoms with E-state index in [4.69, 9.17) is 0 Å². The van der Waals surface area contributed by atoms with Crippen molar-refractivity contribution in [1.82, 2.24) is 0 Å². The zero-order chi connectivity index (χ0) is 12.3. The summed E-state index contributed by atoms with van der Waals surface area (Å²) in [6.45, 7) is 3.50. The van der Waals surface area contributed by atoms with Gasteiger partial charge in [-0.1, -0.05) is 35.8 Å². The van der Waals surface area contributed by atoms with Crippen molar-refractivity contribution in [3.05, 3.63) is 34.1 Å². The average molecular weight is 289 g/mol. The number of aliphatic hydroxyl groups excluding tert-OH is 1. The molecule has 88 valence electrons. The van der Waals surface area contributed by atoms with Gasteiger partial charge in [-0.25, -0.2) is 4.39 Å². The lowest BCUT2D eigenvalue weighted by Crippen LogP contribution is -2.27. The molecule has 1 unspecified atom stereocenters. The van der Waals surface area contributed by atoms with Crippen LogP contribution in [0.3, 0.4) is 0 Å². The Kier molecular flexibility index (Phi) is 4.62. The summed E-state index contributed by atoms with van der Waals surface area (Å²) in [4.78, 5) is 11.6. The standard InChI is InChI=1S/C12H14BrFO2/c1-7(2)12(16)11(15)5-8-3-4-9(13)6-10(8)14/h3-4,6-7,12,16H,5H2,1-2H3. The fourth-order valence-corrected chi connectivity index (χ4v) is 1.66. The quantitative estimate of drug-likeness (QED) is 0.925. The first-order valence-corrected chi connectivity index (χ1v) is 5.86. The second-order valence-electron chi connectivity index (χ2n) is 4.07. The highest BCUT2D eigenvalue weighted by atomic mass is 79.9. The number of hydrogen-bond acceptors (Lipinski definition) is 2. The summed E-state index contributed by atoms with van der Waals surface area (Å²) in [7, 11) is 0. The van der Waals surface area contributed by atoms with E-state index in [-0.39, 0.29) is 18.1 Å². The van der Waals surface area contributed by atoms with Gasteiger partial charge >= 0.3 is 0 Å². The predicted octanol–water partition coefficient (Wildman–Crippen LogP) is 2.72. The molecule has 0 radical (unpaired) electrons. The molecule has 1 N–H and O–H groups in total. The summed E-state index contributed by atoms with van der Waals surface area (Å²) in [5.41, 5.74) is 0.313. The highest BCUT2D eigenvalue weighted by Crippen LogP contribution is 2.17. The van der Waals surface area contributed by atoms with Crippen molar-refractivity contribution in [1.29, 1.82) is 0 Å². The highest BCUT2D eigenvalue weighted by Gasteiger charge is 2.20. The van der Waals surface area contributed by atoms with Crippen molar-refractivity contribution in [3.8, 4) is 0 Å². The number of carbonyl (C=O) groups excluding carboxylic acids is 1. The fraction of sp³-hybridized carbons (Fsp3) is 0.417. The Morgan fingerprint density at radius 1 is 1.50 bits per heavy atom. The van der Waals surface area contributed by atoms with Crippen LogP contribution >= 0.6 is 15.9 Å². The molecule has 0 heterocycles. The van der Waals surface area contributed by atoms with Gasteiger partial charge in [0.2, 0.25) is 0 Å². The summed E-state index contributed by atoms with van der Waals surface area (Å²) in [6.07, 6.45) is -1.10. The molecule has 0 bridgehead atoms. The molecule has 0 spiro atoms. The molecule has 0 saturated carbocycles. The largest absolute Gasteiger partial charge is 0.385 e. The molecule has 0 fully saturated rings. The Morgan fingerprint density at radius 2 is 2.12 bits per heavy atom. The van der Waals surface area contributed by atoms with Gasteiger partial charge in [0.15, 0.2) is 5.78 Å². The Hall–Kier alpha value is -0.740. The first-order valence-electron chi connectivity index (χ1n) is 5.06. The second kappa shape index (κ2) is 5.55. The molecule has 1 aromatic rings. The number of halogens is 2. The van der Waals surface area contributed by atoms with Crippen LogP contribution in [0.25, 0.3) is 0 Å². The van der Waals surface area contributed by atoms with E-state index in [2.05, 4.69) is 15.9 Å². The van der Waals surface area contributed by atoms with Crippen molar-refractivity contribution in [2.24, 2.45) is 5.92 Å². The molecule has 4 heteroatoms. The molecule has 0 aromatic heterocycles. The number of aliphatic hydroxyl groups is 1. The average Bonchev–Trinajstić information content (AvgIpc) is 2.20. The first kappa shape index (κ1) is 13.3. The van der Waals surface area contributed by atoms with Crippen molar-refractivity contribution in [2.75, 3.05) is 0 Å². The van der Waals surface area contributed by atoms with Crippen LogP contribution in [0.2, 0.25) is 0 Å². The van der Waals surface area contributed by atoms with E-state index in [0.717, 1.165) is 0 Å². The SMILES string of the molecule is CC(C)C(O)C(=O)Cc1ccc(Br)cc1F. The molecule has 1 atom stereocenters. The van der Waals surface area contributed by atoms with Crippen LogP contribution in [0, 0.1) is 11.7 Å². The molecule has 2 nitrogen and oxygen atoms in total. The van der Waals surface area contributed by atoms with E-state index in [9.17, 15) is 14.3 Å². The molecule has 0 aliphatic carbocycles. The first-order chi connectivity index (χ1) is 7.41. The van der Waals surface area contributed by atoms with E-state index in [1.807, 2.05) is 0 Å². The second-order valence-corrected chi connectivity index (χ2v) is 4.98. The Labute approximate surface area is 103 Å². The molecule has 1 aromatic carbocycles. The third kappa shape index (κ3) is 3.39. The minimum absolute atomic E-state index is 0.0710. The molecule has 1 rings (SSSR count). The smallest absolute Gasteiger partial charge is 0.165 e. The van der Waals surface area contributed by atoms with Gasteiger partial charge in [0.1, 0.15) is 11.9 Å². The summed E-state index contributed by atoms with van der Waals surface area (Å²) < 4.78 is 14.0. The number of hydrogen-bond donors (Lipinski definition) is 1. The van der Waals surface area contributed by atoms with Crippen molar-refractivity contribution in [2.45, 2.75) is 26.4 Å². The van der Waals surface area contributed by atoms with Crippen LogP contribution in [0.5, 0.6) is 0 Å².